The van der Waals surface area contributed by atoms with Gasteiger partial charge in [-0.05, 0) is 67.1 Å². The fourth-order valence-electron chi connectivity index (χ4n) is 6.05. The summed E-state index contributed by atoms with van der Waals surface area (Å²) in [6.45, 7) is 4.10. The number of fused-ring (bicyclic) bond motifs is 1. The van der Waals surface area contributed by atoms with E-state index in [-0.39, 0.29) is 25.0 Å². The Hall–Kier alpha value is -5.10. The highest BCUT2D eigenvalue weighted by Crippen LogP contribution is 2.35. The largest absolute Gasteiger partial charge is 0.508 e. The minimum atomic E-state index is -0.915. The van der Waals surface area contributed by atoms with Crippen LogP contribution < -0.4 is 20.5 Å². The molecule has 6 rings (SSSR count). The highest BCUT2D eigenvalue weighted by Gasteiger charge is 2.44. The number of phenolic OH excluding ortho intramolecular Hbond substituents is 1. The number of aromatic nitrogens is 2. The average Bonchev–Trinajstić information content (AvgIpc) is 3.74. The lowest BCUT2D eigenvalue weighted by Crippen LogP contribution is -2.56. The van der Waals surface area contributed by atoms with Crippen molar-refractivity contribution in [3.8, 4) is 28.7 Å². The smallest absolute Gasteiger partial charge is 0.323 e. The molecule has 3 heterocycles. The maximum absolute atomic E-state index is 14.0. The molecular formula is C32H35N6O6+. The molecule has 1 aromatic heterocycles. The lowest BCUT2D eigenvalue weighted by atomic mass is 10.0. The van der Waals surface area contributed by atoms with E-state index in [0.29, 0.717) is 34.9 Å². The SMILES string of the molecule is Cc1noc(-c2ccc(NC(=O)N([C@@H]3CC[N+](C)(Cc4ccc5c(c4)OCO5)C3)[C@@H](Cc3ccc(O)cc3)C(N)=O)cc2)n1. The molecule has 1 unspecified atom stereocenters. The lowest BCUT2D eigenvalue weighted by molar-refractivity contribution is -0.911. The monoisotopic (exact) mass is 599 g/mol. The Morgan fingerprint density at radius 2 is 1.80 bits per heavy atom. The van der Waals surface area contributed by atoms with Crippen LogP contribution in [0.4, 0.5) is 10.5 Å². The van der Waals surface area contributed by atoms with E-state index >= 15 is 0 Å². The Morgan fingerprint density at radius 1 is 1.07 bits per heavy atom. The summed E-state index contributed by atoms with van der Waals surface area (Å²) in [6.07, 6.45) is 0.893. The third-order valence-electron chi connectivity index (χ3n) is 8.22. The van der Waals surface area contributed by atoms with Gasteiger partial charge in [-0.25, -0.2) is 4.79 Å². The molecule has 1 saturated heterocycles. The number of quaternary nitrogens is 1. The van der Waals surface area contributed by atoms with Gasteiger partial charge in [-0.15, -0.1) is 0 Å². The number of rotatable bonds is 9. The van der Waals surface area contributed by atoms with Crippen molar-refractivity contribution >= 4 is 17.6 Å². The van der Waals surface area contributed by atoms with Crippen LogP contribution in [0.5, 0.6) is 17.2 Å². The zero-order valence-electron chi connectivity index (χ0n) is 24.6. The first-order valence-electron chi connectivity index (χ1n) is 14.5. The van der Waals surface area contributed by atoms with Crippen LogP contribution in [0.25, 0.3) is 11.5 Å². The quantitative estimate of drug-likeness (QED) is 0.246. The van der Waals surface area contributed by atoms with Gasteiger partial charge in [-0.3, -0.25) is 4.79 Å². The second-order valence-electron chi connectivity index (χ2n) is 11.7. The summed E-state index contributed by atoms with van der Waals surface area (Å²) in [7, 11) is 2.15. The first-order chi connectivity index (χ1) is 21.2. The number of carbonyl (C=O) groups excluding carboxylic acids is 2. The zero-order chi connectivity index (χ0) is 30.8. The van der Waals surface area contributed by atoms with Gasteiger partial charge in [-0.2, -0.15) is 4.98 Å². The van der Waals surface area contributed by atoms with E-state index in [9.17, 15) is 14.7 Å². The van der Waals surface area contributed by atoms with Crippen LogP contribution in [0.1, 0.15) is 23.4 Å². The van der Waals surface area contributed by atoms with Gasteiger partial charge in [0.25, 0.3) is 5.89 Å². The third-order valence-corrected chi connectivity index (χ3v) is 8.22. The molecule has 1 fully saturated rings. The van der Waals surface area contributed by atoms with Crippen LogP contribution in [0.2, 0.25) is 0 Å². The molecular weight excluding hydrogens is 564 g/mol. The minimum Gasteiger partial charge on any atom is -0.508 e. The third kappa shape index (κ3) is 6.30. The van der Waals surface area contributed by atoms with Crippen molar-refractivity contribution in [2.75, 3.05) is 32.2 Å². The maximum atomic E-state index is 14.0. The number of anilines is 1. The standard InChI is InChI=1S/C32H34N6O6/c1-20-34-31(44-36-20)23-6-8-24(9-7-23)35-32(41)37(27(30(33)40)15-21-3-10-26(39)11-4-21)25-13-14-38(2,18-25)17-22-5-12-28-29(16-22)43-19-42-28/h3-12,16,25,27H,13-15,17-19H2,1-2H3,(H3-,33,34,35,36,39,40,41)/p+1/t25-,27+,38?/m1/s1. The number of primary amides is 1. The highest BCUT2D eigenvalue weighted by molar-refractivity contribution is 5.94. The molecule has 3 atom stereocenters. The molecule has 2 aliphatic heterocycles. The number of likely N-dealkylation sites (tertiary alicyclic amines) is 1. The summed E-state index contributed by atoms with van der Waals surface area (Å²) in [5, 5.41) is 16.6. The number of likely N-dealkylation sites (N-methyl/N-ethyl adjacent to an activating group) is 1. The first kappa shape index (κ1) is 29.0. The van der Waals surface area contributed by atoms with Gasteiger partial charge < -0.3 is 39.5 Å². The number of nitrogens with zero attached hydrogens (tertiary/aromatic N) is 4. The number of amides is 3. The number of hydrogen-bond acceptors (Lipinski definition) is 8. The number of nitrogens with two attached hydrogens (primary N) is 1. The number of carbonyl (C=O) groups is 2. The highest BCUT2D eigenvalue weighted by atomic mass is 16.7. The number of hydrogen-bond donors (Lipinski definition) is 3. The van der Waals surface area contributed by atoms with Gasteiger partial charge in [0.1, 0.15) is 18.3 Å². The van der Waals surface area contributed by atoms with Crippen molar-refractivity contribution in [3.63, 3.8) is 0 Å². The van der Waals surface area contributed by atoms with Crippen LogP contribution in [0.15, 0.2) is 71.3 Å². The molecule has 228 valence electrons. The van der Waals surface area contributed by atoms with Gasteiger partial charge in [0, 0.05) is 29.7 Å². The fraction of sp³-hybridized carbons (Fsp3) is 0.312. The van der Waals surface area contributed by atoms with Crippen LogP contribution >= 0.6 is 0 Å². The predicted molar refractivity (Wildman–Crippen MR) is 161 cm³/mol. The van der Waals surface area contributed by atoms with Crippen LogP contribution in [-0.4, -0.2) is 75.6 Å². The van der Waals surface area contributed by atoms with Crippen molar-refractivity contribution < 1.29 is 33.2 Å². The van der Waals surface area contributed by atoms with Gasteiger partial charge in [-0.1, -0.05) is 17.3 Å². The Bertz CT molecular complexity index is 1660. The minimum absolute atomic E-state index is 0.116. The van der Waals surface area contributed by atoms with E-state index in [4.69, 9.17) is 19.7 Å². The number of aromatic hydroxyl groups is 1. The van der Waals surface area contributed by atoms with Crippen molar-refractivity contribution in [1.82, 2.24) is 15.0 Å². The van der Waals surface area contributed by atoms with Crippen molar-refractivity contribution in [1.29, 1.82) is 0 Å². The average molecular weight is 600 g/mol. The topological polar surface area (TPSA) is 153 Å². The van der Waals surface area contributed by atoms with Gasteiger partial charge >= 0.3 is 6.03 Å². The van der Waals surface area contributed by atoms with E-state index in [1.807, 2.05) is 18.2 Å². The molecule has 3 amide bonds. The molecule has 0 spiro atoms. The van der Waals surface area contributed by atoms with Crippen LogP contribution in [0.3, 0.4) is 0 Å². The number of urea groups is 1. The second kappa shape index (κ2) is 11.9. The molecule has 12 nitrogen and oxygen atoms in total. The zero-order valence-corrected chi connectivity index (χ0v) is 24.6. The van der Waals surface area contributed by atoms with Crippen molar-refractivity contribution in [3.05, 3.63) is 83.7 Å². The first-order valence-corrected chi connectivity index (χ1v) is 14.5. The lowest BCUT2D eigenvalue weighted by Gasteiger charge is -2.36. The molecule has 44 heavy (non-hydrogen) atoms. The van der Waals surface area contributed by atoms with Crippen molar-refractivity contribution in [2.24, 2.45) is 5.73 Å². The van der Waals surface area contributed by atoms with E-state index in [1.165, 1.54) is 0 Å². The fourth-order valence-corrected chi connectivity index (χ4v) is 6.05. The van der Waals surface area contributed by atoms with Gasteiger partial charge in [0.2, 0.25) is 12.7 Å². The summed E-state index contributed by atoms with van der Waals surface area (Å²) in [5.41, 5.74) is 9.12. The molecule has 0 aliphatic carbocycles. The van der Waals surface area contributed by atoms with Gasteiger partial charge in [0.05, 0.1) is 26.2 Å². The normalized spacial score (nSPS) is 19.5. The maximum Gasteiger partial charge on any atom is 0.323 e. The Kier molecular flexibility index (Phi) is 7.83. The van der Waals surface area contributed by atoms with E-state index < -0.39 is 18.0 Å². The molecule has 2 aliphatic rings. The van der Waals surface area contributed by atoms with Crippen LogP contribution in [0, 0.1) is 6.92 Å². The van der Waals surface area contributed by atoms with E-state index in [0.717, 1.165) is 41.3 Å². The molecule has 0 bridgehead atoms. The number of phenols is 1. The van der Waals surface area contributed by atoms with E-state index in [1.54, 1.807) is 60.4 Å². The number of benzene rings is 3. The number of ether oxygens (including phenoxy) is 2. The predicted octanol–water partition coefficient (Wildman–Crippen LogP) is 3.83. The van der Waals surface area contributed by atoms with E-state index in [2.05, 4.69) is 22.5 Å². The summed E-state index contributed by atoms with van der Waals surface area (Å²) in [4.78, 5) is 32.9. The van der Waals surface area contributed by atoms with Gasteiger partial charge in [0.15, 0.2) is 17.3 Å². The second-order valence-corrected chi connectivity index (χ2v) is 11.7. The summed E-state index contributed by atoms with van der Waals surface area (Å²) < 4.78 is 16.9. The Morgan fingerprint density at radius 3 is 2.50 bits per heavy atom. The summed E-state index contributed by atoms with van der Waals surface area (Å²) in [5.74, 6) is 1.89. The van der Waals surface area contributed by atoms with Crippen molar-refractivity contribution in [2.45, 2.75) is 38.4 Å². The molecule has 3 aromatic carbocycles. The molecule has 0 saturated carbocycles. The molecule has 4 aromatic rings. The van der Waals surface area contributed by atoms with Crippen LogP contribution in [-0.2, 0) is 17.8 Å². The Balaban J connectivity index is 1.24. The molecule has 12 heteroatoms. The number of nitrogens with one attached hydrogen (secondary N) is 1. The molecule has 0 radical (unpaired) electrons. The number of aryl methyl sites for hydroxylation is 1. The summed E-state index contributed by atoms with van der Waals surface area (Å²) in [6, 6.07) is 18.0. The summed E-state index contributed by atoms with van der Waals surface area (Å²) >= 11 is 0. The Labute approximate surface area is 254 Å². The molecule has 4 N–H and O–H groups in total.